The number of carboxylic acid groups (broad SMARTS) is 1. The zero-order chi connectivity index (χ0) is 29.5. The van der Waals surface area contributed by atoms with Crippen LogP contribution >= 0.6 is 0 Å². The van der Waals surface area contributed by atoms with Gasteiger partial charge in [0.15, 0.2) is 5.78 Å². The van der Waals surface area contributed by atoms with Gasteiger partial charge in [-0.1, -0.05) is 60.7 Å². The predicted octanol–water partition coefficient (Wildman–Crippen LogP) is 5.99. The summed E-state index contributed by atoms with van der Waals surface area (Å²) in [7, 11) is 0. The van der Waals surface area contributed by atoms with E-state index in [1.54, 1.807) is 89.8 Å². The number of para-hydroxylation sites is 1. The van der Waals surface area contributed by atoms with Crippen LogP contribution in [0, 0.1) is 11.7 Å². The zero-order valence-corrected chi connectivity index (χ0v) is 22.9. The largest absolute Gasteiger partial charge is 0.492 e. The quantitative estimate of drug-likeness (QED) is 0.193. The Morgan fingerprint density at radius 2 is 1.62 bits per heavy atom. The van der Waals surface area contributed by atoms with E-state index in [0.717, 1.165) is 18.4 Å². The van der Waals surface area contributed by atoms with Crippen LogP contribution in [0.5, 0.6) is 5.75 Å². The molecule has 0 unspecified atom stereocenters. The fourth-order valence-electron chi connectivity index (χ4n) is 4.71. The van der Waals surface area contributed by atoms with Crippen LogP contribution in [-0.2, 0) is 16.0 Å². The summed E-state index contributed by atoms with van der Waals surface area (Å²) >= 11 is 0. The number of nitrogens with zero attached hydrogens (tertiary/aromatic N) is 1. The van der Waals surface area contributed by atoms with Crippen LogP contribution in [0.1, 0.15) is 34.3 Å². The minimum absolute atomic E-state index is 0.0215. The first-order valence-electron chi connectivity index (χ1n) is 13.9. The number of carbonyl (C=O) groups excluding carboxylic acids is 2. The van der Waals surface area contributed by atoms with E-state index >= 15 is 0 Å². The maximum absolute atomic E-state index is 13.8. The molecule has 0 radical (unpaired) electrons. The molecular weight excluding hydrogens is 535 g/mol. The molecule has 7 nitrogen and oxygen atoms in total. The summed E-state index contributed by atoms with van der Waals surface area (Å²) in [6.07, 6.45) is 1.86. The van der Waals surface area contributed by atoms with Crippen molar-refractivity contribution in [2.45, 2.75) is 25.3 Å². The number of rotatable bonds is 13. The molecule has 214 valence electrons. The second-order valence-electron chi connectivity index (χ2n) is 10.2. The molecule has 0 aromatic heterocycles. The first-order valence-corrected chi connectivity index (χ1v) is 13.9. The molecule has 8 heteroatoms. The van der Waals surface area contributed by atoms with E-state index in [2.05, 4.69) is 5.32 Å². The summed E-state index contributed by atoms with van der Waals surface area (Å²) < 4.78 is 19.7. The fraction of sp³-hybridized carbons (Fsp3) is 0.206. The van der Waals surface area contributed by atoms with Crippen LogP contribution in [0.15, 0.2) is 103 Å². The molecule has 1 amide bonds. The van der Waals surface area contributed by atoms with Gasteiger partial charge < -0.3 is 20.1 Å². The molecular formula is C34H31FN2O5. The van der Waals surface area contributed by atoms with Gasteiger partial charge in [0.1, 0.15) is 24.2 Å². The van der Waals surface area contributed by atoms with Crippen molar-refractivity contribution >= 4 is 29.0 Å². The average Bonchev–Trinajstić information content (AvgIpc) is 3.86. The Hall–Kier alpha value is -4.98. The third-order valence-electron chi connectivity index (χ3n) is 7.09. The number of amides is 1. The highest BCUT2D eigenvalue weighted by atomic mass is 19.1. The van der Waals surface area contributed by atoms with Crippen molar-refractivity contribution < 1.29 is 28.6 Å². The summed E-state index contributed by atoms with van der Waals surface area (Å²) in [6, 6.07) is 27.8. The molecule has 4 aromatic rings. The van der Waals surface area contributed by atoms with E-state index in [4.69, 9.17) is 4.74 Å². The van der Waals surface area contributed by atoms with Crippen molar-refractivity contribution in [1.82, 2.24) is 0 Å². The van der Waals surface area contributed by atoms with E-state index in [9.17, 15) is 23.9 Å². The molecule has 4 aromatic carbocycles. The molecule has 5 rings (SSSR count). The number of ether oxygens (including phenoxy) is 1. The van der Waals surface area contributed by atoms with Gasteiger partial charge >= 0.3 is 5.97 Å². The van der Waals surface area contributed by atoms with Crippen LogP contribution in [0.4, 0.5) is 15.8 Å². The van der Waals surface area contributed by atoms with Gasteiger partial charge in [-0.25, -0.2) is 9.18 Å². The van der Waals surface area contributed by atoms with Crippen LogP contribution in [0.3, 0.4) is 0 Å². The minimum Gasteiger partial charge on any atom is -0.492 e. The van der Waals surface area contributed by atoms with Crippen molar-refractivity contribution in [2.24, 2.45) is 5.92 Å². The van der Waals surface area contributed by atoms with E-state index in [1.807, 2.05) is 6.07 Å². The molecule has 0 heterocycles. The fourth-order valence-corrected chi connectivity index (χ4v) is 4.71. The Bertz CT molecular complexity index is 1550. The number of benzene rings is 4. The summed E-state index contributed by atoms with van der Waals surface area (Å²) in [5, 5.41) is 13.0. The number of aliphatic carboxylic acids is 1. The van der Waals surface area contributed by atoms with Gasteiger partial charge in [0.2, 0.25) is 5.91 Å². The summed E-state index contributed by atoms with van der Waals surface area (Å²) in [4.78, 5) is 39.6. The summed E-state index contributed by atoms with van der Waals surface area (Å²) in [5.74, 6) is -1.13. The molecule has 1 aliphatic carbocycles. The van der Waals surface area contributed by atoms with Gasteiger partial charge in [-0.05, 0) is 60.9 Å². The number of carbonyl (C=O) groups is 3. The van der Waals surface area contributed by atoms with Gasteiger partial charge in [-0.2, -0.15) is 0 Å². The Labute approximate surface area is 243 Å². The molecule has 0 saturated heterocycles. The van der Waals surface area contributed by atoms with E-state index < -0.39 is 17.8 Å². The van der Waals surface area contributed by atoms with Crippen LogP contribution in [0.25, 0.3) is 0 Å². The molecule has 0 aliphatic heterocycles. The second kappa shape index (κ2) is 13.1. The lowest BCUT2D eigenvalue weighted by Crippen LogP contribution is -2.35. The molecule has 1 atom stereocenters. The van der Waals surface area contributed by atoms with Gasteiger partial charge in [0, 0.05) is 34.8 Å². The highest BCUT2D eigenvalue weighted by Gasteiger charge is 2.34. The molecule has 1 aliphatic rings. The number of anilines is 2. The maximum atomic E-state index is 13.8. The summed E-state index contributed by atoms with van der Waals surface area (Å²) in [5.41, 5.74) is 2.63. The number of nitrogens with one attached hydrogen (secondary N) is 1. The molecule has 42 heavy (non-hydrogen) atoms. The van der Waals surface area contributed by atoms with Crippen molar-refractivity contribution in [1.29, 1.82) is 0 Å². The Morgan fingerprint density at radius 3 is 2.31 bits per heavy atom. The molecule has 2 N–H and O–H groups in total. The lowest BCUT2D eigenvalue weighted by molar-refractivity contribution is -0.137. The lowest BCUT2D eigenvalue weighted by Gasteiger charge is -2.23. The molecule has 0 spiro atoms. The normalized spacial score (nSPS) is 13.2. The standard InChI is InChI=1S/C34H31FN2O5/c35-26-9-6-10-27(22-26)37(33(39)25-15-16-25)19-20-42-28-17-13-23(14-18-28)21-31(34(40)41)36-30-12-5-4-11-29(30)32(38)24-7-2-1-3-8-24/h1-14,17-18,22,25,31,36H,15-16,19-21H2,(H,40,41)/t31-/m0/s1. The van der Waals surface area contributed by atoms with E-state index in [0.29, 0.717) is 28.3 Å². The molecule has 1 fully saturated rings. The number of hydrogen-bond acceptors (Lipinski definition) is 5. The highest BCUT2D eigenvalue weighted by Crippen LogP contribution is 2.33. The first-order chi connectivity index (χ1) is 20.4. The Kier molecular flexibility index (Phi) is 8.92. The van der Waals surface area contributed by atoms with Crippen molar-refractivity contribution in [3.8, 4) is 5.75 Å². The number of ketones is 1. The SMILES string of the molecule is O=C(c1ccccc1)c1ccccc1N[C@@H](Cc1ccc(OCCN(C(=O)C2CC2)c2cccc(F)c2)cc1)C(=O)O. The van der Waals surface area contributed by atoms with Crippen molar-refractivity contribution in [3.05, 3.63) is 126 Å². The van der Waals surface area contributed by atoms with Gasteiger partial charge in [0.05, 0.1) is 6.54 Å². The number of halogens is 1. The second-order valence-corrected chi connectivity index (χ2v) is 10.2. The summed E-state index contributed by atoms with van der Waals surface area (Å²) in [6.45, 7) is 0.479. The monoisotopic (exact) mass is 566 g/mol. The predicted molar refractivity (Wildman–Crippen MR) is 158 cm³/mol. The maximum Gasteiger partial charge on any atom is 0.326 e. The third-order valence-corrected chi connectivity index (χ3v) is 7.09. The van der Waals surface area contributed by atoms with Crippen molar-refractivity contribution in [3.63, 3.8) is 0 Å². The van der Waals surface area contributed by atoms with Gasteiger partial charge in [-0.3, -0.25) is 9.59 Å². The molecule has 0 bridgehead atoms. The van der Waals surface area contributed by atoms with E-state index in [1.165, 1.54) is 12.1 Å². The smallest absolute Gasteiger partial charge is 0.326 e. The topological polar surface area (TPSA) is 95.9 Å². The van der Waals surface area contributed by atoms with Gasteiger partial charge in [-0.15, -0.1) is 0 Å². The van der Waals surface area contributed by atoms with Crippen LogP contribution in [0.2, 0.25) is 0 Å². The lowest BCUT2D eigenvalue weighted by atomic mass is 10.00. The Morgan fingerprint density at radius 1 is 0.905 bits per heavy atom. The first kappa shape index (κ1) is 28.5. The minimum atomic E-state index is -1.05. The molecule has 1 saturated carbocycles. The highest BCUT2D eigenvalue weighted by molar-refractivity contribution is 6.12. The van der Waals surface area contributed by atoms with E-state index in [-0.39, 0.29) is 37.2 Å². The zero-order valence-electron chi connectivity index (χ0n) is 22.9. The van der Waals surface area contributed by atoms with Crippen LogP contribution in [-0.4, -0.2) is 42.0 Å². The number of carboxylic acids is 1. The van der Waals surface area contributed by atoms with Crippen LogP contribution < -0.4 is 15.0 Å². The Balaban J connectivity index is 1.21. The third kappa shape index (κ3) is 7.20. The average molecular weight is 567 g/mol. The number of hydrogen-bond donors (Lipinski definition) is 2. The van der Waals surface area contributed by atoms with Gasteiger partial charge in [0.25, 0.3) is 0 Å². The van der Waals surface area contributed by atoms with Crippen molar-refractivity contribution in [2.75, 3.05) is 23.4 Å².